The van der Waals surface area contributed by atoms with Crippen LogP contribution in [0.2, 0.25) is 0 Å². The van der Waals surface area contributed by atoms with Gasteiger partial charge in [0, 0.05) is 18.5 Å². The van der Waals surface area contributed by atoms with Crippen LogP contribution in [0.3, 0.4) is 0 Å². The number of hydrogen-bond acceptors (Lipinski definition) is 3. The van der Waals surface area contributed by atoms with Gasteiger partial charge in [-0.3, -0.25) is 4.79 Å². The Kier molecular flexibility index (Phi) is 3.38. The Hall–Kier alpha value is -0.870. The molecule has 1 aromatic rings. The lowest BCUT2D eigenvalue weighted by Gasteiger charge is -2.32. The Morgan fingerprint density at radius 1 is 1.73 bits per heavy atom. The van der Waals surface area contributed by atoms with Crippen molar-refractivity contribution >= 4 is 17.2 Å². The van der Waals surface area contributed by atoms with Crippen LogP contribution in [0, 0.1) is 0 Å². The Morgan fingerprint density at radius 3 is 3.27 bits per heavy atom. The SMILES string of the molecule is CCC1CN(C(=O)c2ccsc2)CCO1. The molecule has 2 heterocycles. The molecule has 1 atom stereocenters. The molecule has 0 saturated carbocycles. The van der Waals surface area contributed by atoms with Gasteiger partial charge in [0.1, 0.15) is 0 Å². The average molecular weight is 225 g/mol. The zero-order chi connectivity index (χ0) is 10.7. The zero-order valence-electron chi connectivity index (χ0n) is 8.81. The van der Waals surface area contributed by atoms with Crippen LogP contribution in [0.1, 0.15) is 23.7 Å². The van der Waals surface area contributed by atoms with Gasteiger partial charge < -0.3 is 9.64 Å². The minimum absolute atomic E-state index is 0.137. The average Bonchev–Trinajstić information content (AvgIpc) is 2.81. The molecule has 15 heavy (non-hydrogen) atoms. The summed E-state index contributed by atoms with van der Waals surface area (Å²) in [5.41, 5.74) is 0.803. The lowest BCUT2D eigenvalue weighted by Crippen LogP contribution is -2.45. The first kappa shape index (κ1) is 10.6. The smallest absolute Gasteiger partial charge is 0.254 e. The Balaban J connectivity index is 2.01. The second kappa shape index (κ2) is 4.77. The van der Waals surface area contributed by atoms with Crippen LogP contribution in [0.5, 0.6) is 0 Å². The molecule has 1 fully saturated rings. The fourth-order valence-corrected chi connectivity index (χ4v) is 2.35. The number of nitrogens with zero attached hydrogens (tertiary/aromatic N) is 1. The van der Waals surface area contributed by atoms with E-state index in [1.54, 1.807) is 11.3 Å². The Morgan fingerprint density at radius 2 is 2.60 bits per heavy atom. The van der Waals surface area contributed by atoms with Gasteiger partial charge in [-0.2, -0.15) is 11.3 Å². The van der Waals surface area contributed by atoms with E-state index in [9.17, 15) is 4.79 Å². The van der Waals surface area contributed by atoms with Crippen LogP contribution in [-0.4, -0.2) is 36.6 Å². The maximum atomic E-state index is 12.0. The Bertz CT molecular complexity index is 323. The molecule has 1 amide bonds. The second-order valence-electron chi connectivity index (χ2n) is 3.66. The van der Waals surface area contributed by atoms with Gasteiger partial charge in [0.05, 0.1) is 18.3 Å². The predicted octanol–water partition coefficient (Wildman–Crippen LogP) is 2.00. The summed E-state index contributed by atoms with van der Waals surface area (Å²) in [6.45, 7) is 4.19. The zero-order valence-corrected chi connectivity index (χ0v) is 9.63. The normalized spacial score (nSPS) is 21.7. The van der Waals surface area contributed by atoms with E-state index in [0.717, 1.165) is 18.5 Å². The highest BCUT2D eigenvalue weighted by Crippen LogP contribution is 2.14. The summed E-state index contributed by atoms with van der Waals surface area (Å²) in [7, 11) is 0. The minimum Gasteiger partial charge on any atom is -0.375 e. The van der Waals surface area contributed by atoms with Crippen LogP contribution < -0.4 is 0 Å². The van der Waals surface area contributed by atoms with Crippen molar-refractivity contribution in [3.05, 3.63) is 22.4 Å². The predicted molar refractivity (Wildman–Crippen MR) is 60.3 cm³/mol. The fourth-order valence-electron chi connectivity index (χ4n) is 1.72. The lowest BCUT2D eigenvalue weighted by atomic mass is 10.2. The maximum Gasteiger partial charge on any atom is 0.254 e. The molecule has 1 aliphatic rings. The minimum atomic E-state index is 0.137. The number of carbonyl (C=O) groups excluding carboxylic acids is 1. The molecule has 0 aromatic carbocycles. The molecule has 1 unspecified atom stereocenters. The lowest BCUT2D eigenvalue weighted by molar-refractivity contribution is -0.0226. The first-order valence-electron chi connectivity index (χ1n) is 5.24. The van der Waals surface area contributed by atoms with Gasteiger partial charge >= 0.3 is 0 Å². The van der Waals surface area contributed by atoms with Gasteiger partial charge in [-0.05, 0) is 17.9 Å². The van der Waals surface area contributed by atoms with Crippen molar-refractivity contribution in [2.24, 2.45) is 0 Å². The van der Waals surface area contributed by atoms with Crippen LogP contribution >= 0.6 is 11.3 Å². The first-order chi connectivity index (χ1) is 7.31. The highest BCUT2D eigenvalue weighted by atomic mass is 32.1. The summed E-state index contributed by atoms with van der Waals surface area (Å²) in [6.07, 6.45) is 1.18. The van der Waals surface area contributed by atoms with Gasteiger partial charge in [-0.15, -0.1) is 0 Å². The summed E-state index contributed by atoms with van der Waals surface area (Å²) in [5.74, 6) is 0.137. The number of morpholine rings is 1. The van der Waals surface area contributed by atoms with E-state index in [2.05, 4.69) is 6.92 Å². The number of thiophene rings is 1. The topological polar surface area (TPSA) is 29.5 Å². The number of rotatable bonds is 2. The third-order valence-corrected chi connectivity index (χ3v) is 3.33. The molecule has 1 aliphatic heterocycles. The van der Waals surface area contributed by atoms with E-state index in [-0.39, 0.29) is 12.0 Å². The molecular formula is C11H15NO2S. The van der Waals surface area contributed by atoms with Crippen molar-refractivity contribution in [1.82, 2.24) is 4.90 Å². The fraction of sp³-hybridized carbons (Fsp3) is 0.545. The molecule has 0 radical (unpaired) electrons. The van der Waals surface area contributed by atoms with Crippen LogP contribution in [0.25, 0.3) is 0 Å². The molecule has 0 aliphatic carbocycles. The molecule has 3 nitrogen and oxygen atoms in total. The van der Waals surface area contributed by atoms with E-state index in [4.69, 9.17) is 4.74 Å². The highest BCUT2D eigenvalue weighted by Gasteiger charge is 2.23. The van der Waals surface area contributed by atoms with Gasteiger partial charge in [0.25, 0.3) is 5.91 Å². The maximum absolute atomic E-state index is 12.0. The highest BCUT2D eigenvalue weighted by molar-refractivity contribution is 7.08. The quantitative estimate of drug-likeness (QED) is 0.770. The molecule has 2 rings (SSSR count). The third kappa shape index (κ3) is 2.38. The van der Waals surface area contributed by atoms with Gasteiger partial charge in [-0.25, -0.2) is 0 Å². The van der Waals surface area contributed by atoms with Crippen molar-refractivity contribution in [2.45, 2.75) is 19.4 Å². The van der Waals surface area contributed by atoms with Gasteiger partial charge in [0.15, 0.2) is 0 Å². The molecule has 1 saturated heterocycles. The molecule has 4 heteroatoms. The third-order valence-electron chi connectivity index (χ3n) is 2.65. The first-order valence-corrected chi connectivity index (χ1v) is 6.18. The standard InChI is InChI=1S/C11H15NO2S/c1-2-10-7-12(4-5-14-10)11(13)9-3-6-15-8-9/h3,6,8,10H,2,4-5,7H2,1H3. The van der Waals surface area contributed by atoms with Gasteiger partial charge in [0.2, 0.25) is 0 Å². The monoisotopic (exact) mass is 225 g/mol. The van der Waals surface area contributed by atoms with Crippen molar-refractivity contribution in [2.75, 3.05) is 19.7 Å². The van der Waals surface area contributed by atoms with E-state index >= 15 is 0 Å². The van der Waals surface area contributed by atoms with E-state index < -0.39 is 0 Å². The van der Waals surface area contributed by atoms with Gasteiger partial charge in [-0.1, -0.05) is 6.92 Å². The van der Waals surface area contributed by atoms with Crippen molar-refractivity contribution < 1.29 is 9.53 Å². The number of hydrogen-bond donors (Lipinski definition) is 0. The molecule has 0 spiro atoms. The van der Waals surface area contributed by atoms with E-state index in [1.165, 1.54) is 0 Å². The summed E-state index contributed by atoms with van der Waals surface area (Å²) >= 11 is 1.56. The van der Waals surface area contributed by atoms with E-state index in [1.807, 2.05) is 21.7 Å². The van der Waals surface area contributed by atoms with Crippen molar-refractivity contribution in [3.8, 4) is 0 Å². The number of amides is 1. The van der Waals surface area contributed by atoms with Crippen LogP contribution in [0.4, 0.5) is 0 Å². The van der Waals surface area contributed by atoms with E-state index in [0.29, 0.717) is 13.2 Å². The summed E-state index contributed by atoms with van der Waals surface area (Å²) in [4.78, 5) is 13.9. The molecule has 0 bridgehead atoms. The largest absolute Gasteiger partial charge is 0.375 e. The van der Waals surface area contributed by atoms with Crippen molar-refractivity contribution in [3.63, 3.8) is 0 Å². The number of ether oxygens (including phenoxy) is 1. The summed E-state index contributed by atoms with van der Waals surface area (Å²) in [5, 5.41) is 3.84. The molecular weight excluding hydrogens is 210 g/mol. The van der Waals surface area contributed by atoms with Crippen LogP contribution in [-0.2, 0) is 4.74 Å². The summed E-state index contributed by atoms with van der Waals surface area (Å²) in [6, 6.07) is 1.88. The molecule has 1 aromatic heterocycles. The van der Waals surface area contributed by atoms with Crippen molar-refractivity contribution in [1.29, 1.82) is 0 Å². The summed E-state index contributed by atoms with van der Waals surface area (Å²) < 4.78 is 5.53. The Labute approximate surface area is 93.7 Å². The van der Waals surface area contributed by atoms with Crippen LogP contribution in [0.15, 0.2) is 16.8 Å². The number of carbonyl (C=O) groups is 1. The molecule has 0 N–H and O–H groups in total. The molecule has 82 valence electrons. The second-order valence-corrected chi connectivity index (χ2v) is 4.44.